The van der Waals surface area contributed by atoms with Gasteiger partial charge in [-0.3, -0.25) is 4.79 Å². The van der Waals surface area contributed by atoms with Crippen LogP contribution >= 0.6 is 12.6 Å². The predicted molar refractivity (Wildman–Crippen MR) is 52.5 cm³/mol. The summed E-state index contributed by atoms with van der Waals surface area (Å²) in [6.45, 7) is 2.27. The zero-order valence-corrected chi connectivity index (χ0v) is 8.21. The average molecular weight is 197 g/mol. The number of nitrogens with one attached hydrogen (secondary N) is 1. The zero-order chi connectivity index (χ0) is 9.68. The average Bonchev–Trinajstić information content (AvgIpc) is 2.16. The minimum atomic E-state index is -0.106. The molecular weight excluding hydrogens is 186 g/mol. The Morgan fingerprint density at radius 2 is 2.31 bits per heavy atom. The van der Waals surface area contributed by atoms with Crippen molar-refractivity contribution in [2.75, 3.05) is 5.75 Å². The molecule has 0 aliphatic carbocycles. The van der Waals surface area contributed by atoms with Crippen molar-refractivity contribution >= 4 is 18.5 Å². The minimum absolute atomic E-state index is 0.106. The largest absolute Gasteiger partial charge is 0.350 e. The second-order valence-electron chi connectivity index (χ2n) is 2.60. The van der Waals surface area contributed by atoms with Gasteiger partial charge in [0.15, 0.2) is 0 Å². The van der Waals surface area contributed by atoms with Gasteiger partial charge in [-0.15, -0.1) is 0 Å². The van der Waals surface area contributed by atoms with E-state index in [1.54, 1.807) is 0 Å². The molecule has 1 N–H and O–H groups in total. The fourth-order valence-corrected chi connectivity index (χ4v) is 0.878. The number of aryl methyl sites for hydroxylation is 1. The van der Waals surface area contributed by atoms with Crippen LogP contribution in [0.25, 0.3) is 0 Å². The molecule has 1 rings (SSSR count). The van der Waals surface area contributed by atoms with Gasteiger partial charge in [-0.05, 0) is 19.1 Å². The molecule has 0 radical (unpaired) electrons. The third-order valence-electron chi connectivity index (χ3n) is 1.46. The molecular formula is C8H11N3OS. The van der Waals surface area contributed by atoms with Gasteiger partial charge in [0.05, 0.1) is 23.7 Å². The second-order valence-corrected chi connectivity index (χ2v) is 2.92. The number of rotatable bonds is 3. The van der Waals surface area contributed by atoms with Crippen molar-refractivity contribution in [1.82, 2.24) is 15.5 Å². The van der Waals surface area contributed by atoms with Gasteiger partial charge >= 0.3 is 0 Å². The SMILES string of the molecule is Cc1ccc(CNC(=O)CS)nn1. The standard InChI is InChI=1S/C8H11N3OS/c1-6-2-3-7(11-10-6)4-9-8(12)5-13/h2-3,13H,4-5H2,1H3,(H,9,12). The first-order valence-corrected chi connectivity index (χ1v) is 4.52. The summed E-state index contributed by atoms with van der Waals surface area (Å²) in [6.07, 6.45) is 0. The summed E-state index contributed by atoms with van der Waals surface area (Å²) >= 11 is 3.83. The number of aromatic nitrogens is 2. The van der Waals surface area contributed by atoms with Gasteiger partial charge < -0.3 is 5.32 Å². The minimum Gasteiger partial charge on any atom is -0.350 e. The molecule has 4 nitrogen and oxygen atoms in total. The number of carbonyl (C=O) groups excluding carboxylic acids is 1. The molecule has 0 saturated heterocycles. The molecule has 0 aliphatic heterocycles. The summed E-state index contributed by atoms with van der Waals surface area (Å²) in [4.78, 5) is 10.8. The van der Waals surface area contributed by atoms with E-state index in [1.165, 1.54) is 0 Å². The lowest BCUT2D eigenvalue weighted by atomic mass is 10.3. The van der Waals surface area contributed by atoms with Crippen LogP contribution in [-0.2, 0) is 11.3 Å². The van der Waals surface area contributed by atoms with Crippen molar-refractivity contribution in [2.24, 2.45) is 0 Å². The highest BCUT2D eigenvalue weighted by Gasteiger charge is 1.98. The number of carbonyl (C=O) groups is 1. The summed E-state index contributed by atoms with van der Waals surface area (Å²) < 4.78 is 0. The second kappa shape index (κ2) is 4.81. The van der Waals surface area contributed by atoms with Crippen LogP contribution < -0.4 is 5.32 Å². The van der Waals surface area contributed by atoms with Crippen LogP contribution in [0.15, 0.2) is 12.1 Å². The summed E-state index contributed by atoms with van der Waals surface area (Å²) in [5.41, 5.74) is 1.62. The van der Waals surface area contributed by atoms with Crippen LogP contribution in [0.5, 0.6) is 0 Å². The van der Waals surface area contributed by atoms with Crippen LogP contribution in [0.1, 0.15) is 11.4 Å². The number of amides is 1. The molecule has 0 bridgehead atoms. The maximum absolute atomic E-state index is 10.8. The molecule has 0 aliphatic rings. The molecule has 0 unspecified atom stereocenters. The first-order valence-electron chi connectivity index (χ1n) is 3.89. The van der Waals surface area contributed by atoms with E-state index in [-0.39, 0.29) is 11.7 Å². The van der Waals surface area contributed by atoms with E-state index in [4.69, 9.17) is 0 Å². The highest BCUT2D eigenvalue weighted by atomic mass is 32.1. The molecule has 1 aromatic rings. The van der Waals surface area contributed by atoms with Gasteiger partial charge in [0.2, 0.25) is 5.91 Å². The highest BCUT2D eigenvalue weighted by molar-refractivity contribution is 7.81. The Morgan fingerprint density at radius 3 is 2.85 bits per heavy atom. The van der Waals surface area contributed by atoms with Crippen molar-refractivity contribution in [2.45, 2.75) is 13.5 Å². The van der Waals surface area contributed by atoms with E-state index in [1.807, 2.05) is 19.1 Å². The first kappa shape index (κ1) is 9.98. The van der Waals surface area contributed by atoms with E-state index in [0.29, 0.717) is 6.54 Å². The van der Waals surface area contributed by atoms with E-state index < -0.39 is 0 Å². The lowest BCUT2D eigenvalue weighted by molar-refractivity contribution is -0.118. The Kier molecular flexibility index (Phi) is 3.70. The first-order chi connectivity index (χ1) is 6.22. The van der Waals surface area contributed by atoms with Gasteiger partial charge in [-0.2, -0.15) is 22.8 Å². The monoisotopic (exact) mass is 197 g/mol. The molecule has 13 heavy (non-hydrogen) atoms. The Bertz CT molecular complexity index is 286. The van der Waals surface area contributed by atoms with E-state index in [0.717, 1.165) is 11.4 Å². The molecule has 1 heterocycles. The predicted octanol–water partition coefficient (Wildman–Crippen LogP) is 0.331. The van der Waals surface area contributed by atoms with Crippen molar-refractivity contribution in [1.29, 1.82) is 0 Å². The maximum Gasteiger partial charge on any atom is 0.230 e. The van der Waals surface area contributed by atoms with Crippen LogP contribution in [0.2, 0.25) is 0 Å². The Labute approximate surface area is 82.2 Å². The zero-order valence-electron chi connectivity index (χ0n) is 7.32. The fraction of sp³-hybridized carbons (Fsp3) is 0.375. The van der Waals surface area contributed by atoms with Gasteiger partial charge in [-0.1, -0.05) is 0 Å². The molecule has 5 heteroatoms. The Morgan fingerprint density at radius 1 is 1.54 bits per heavy atom. The number of nitrogens with zero attached hydrogens (tertiary/aromatic N) is 2. The molecule has 0 atom stereocenters. The van der Waals surface area contributed by atoms with Crippen molar-refractivity contribution in [3.8, 4) is 0 Å². The molecule has 0 spiro atoms. The van der Waals surface area contributed by atoms with E-state index in [2.05, 4.69) is 28.1 Å². The number of thiol groups is 1. The van der Waals surface area contributed by atoms with Crippen LogP contribution in [0.3, 0.4) is 0 Å². The molecule has 0 saturated carbocycles. The lowest BCUT2D eigenvalue weighted by Gasteiger charge is -2.01. The molecule has 1 aromatic heterocycles. The topological polar surface area (TPSA) is 54.9 Å². The normalized spacial score (nSPS) is 9.69. The van der Waals surface area contributed by atoms with Crippen LogP contribution in [0.4, 0.5) is 0 Å². The Balaban J connectivity index is 2.46. The van der Waals surface area contributed by atoms with Gasteiger partial charge in [-0.25, -0.2) is 0 Å². The van der Waals surface area contributed by atoms with E-state index >= 15 is 0 Å². The van der Waals surface area contributed by atoms with Gasteiger partial charge in [0.1, 0.15) is 0 Å². The van der Waals surface area contributed by atoms with Crippen molar-refractivity contribution in [3.05, 3.63) is 23.5 Å². The fourth-order valence-electron chi connectivity index (χ4n) is 0.766. The van der Waals surface area contributed by atoms with E-state index in [9.17, 15) is 4.79 Å². The van der Waals surface area contributed by atoms with Crippen molar-refractivity contribution in [3.63, 3.8) is 0 Å². The smallest absolute Gasteiger partial charge is 0.230 e. The molecule has 0 aromatic carbocycles. The third-order valence-corrected chi connectivity index (χ3v) is 1.75. The summed E-state index contributed by atoms with van der Waals surface area (Å²) in [5, 5.41) is 10.4. The molecule has 70 valence electrons. The summed E-state index contributed by atoms with van der Waals surface area (Å²) in [5.74, 6) is 0.0879. The third kappa shape index (κ3) is 3.42. The lowest BCUT2D eigenvalue weighted by Crippen LogP contribution is -2.24. The molecule has 1 amide bonds. The highest BCUT2D eigenvalue weighted by Crippen LogP contribution is 1.94. The van der Waals surface area contributed by atoms with Crippen LogP contribution in [0, 0.1) is 6.92 Å². The number of hydrogen-bond donors (Lipinski definition) is 2. The van der Waals surface area contributed by atoms with Gasteiger partial charge in [0, 0.05) is 0 Å². The van der Waals surface area contributed by atoms with Gasteiger partial charge in [0.25, 0.3) is 0 Å². The summed E-state index contributed by atoms with van der Waals surface area (Å²) in [7, 11) is 0. The Hall–Kier alpha value is -1.10. The maximum atomic E-state index is 10.8. The quantitative estimate of drug-likeness (QED) is 0.687. The number of hydrogen-bond acceptors (Lipinski definition) is 4. The molecule has 0 fully saturated rings. The van der Waals surface area contributed by atoms with Crippen LogP contribution in [-0.4, -0.2) is 21.9 Å². The summed E-state index contributed by atoms with van der Waals surface area (Å²) in [6, 6.07) is 3.69. The van der Waals surface area contributed by atoms with Crippen molar-refractivity contribution < 1.29 is 4.79 Å².